The Labute approximate surface area is 340 Å². The summed E-state index contributed by atoms with van der Waals surface area (Å²) in [7, 11) is 0. The van der Waals surface area contributed by atoms with Crippen molar-refractivity contribution in [2.24, 2.45) is 0 Å². The summed E-state index contributed by atoms with van der Waals surface area (Å²) in [6.07, 6.45) is 0. The second kappa shape index (κ2) is 12.7. The first-order valence-corrected chi connectivity index (χ1v) is 20.1. The molecule has 12 rings (SSSR count). The van der Waals surface area contributed by atoms with E-state index in [1.807, 2.05) is 30.3 Å². The van der Waals surface area contributed by atoms with Crippen LogP contribution in [0.5, 0.6) is 0 Å². The number of hydrogen-bond acceptors (Lipinski definition) is 4. The zero-order chi connectivity index (χ0) is 39.2. The summed E-state index contributed by atoms with van der Waals surface area (Å²) < 4.78 is 8.52. The molecule has 3 aromatic heterocycles. The second-order valence-corrected chi connectivity index (χ2v) is 16.1. The fourth-order valence-corrected chi connectivity index (χ4v) is 9.25. The normalized spacial score (nSPS) is 13.1. The van der Waals surface area contributed by atoms with Gasteiger partial charge in [0.25, 0.3) is 0 Å². The van der Waals surface area contributed by atoms with Crippen LogP contribution in [0.2, 0.25) is 0 Å². The largest absolute Gasteiger partial charge is 0.456 e. The summed E-state index contributed by atoms with van der Waals surface area (Å²) in [5, 5.41) is 4.60. The molecule has 1 aliphatic rings. The highest BCUT2D eigenvalue weighted by Gasteiger charge is 2.36. The van der Waals surface area contributed by atoms with Crippen LogP contribution in [-0.2, 0) is 5.41 Å². The lowest BCUT2D eigenvalue weighted by Crippen LogP contribution is -2.15. The molecular weight excluding hydrogens is 721 g/mol. The van der Waals surface area contributed by atoms with Crippen LogP contribution in [0.15, 0.2) is 186 Å². The smallest absolute Gasteiger partial charge is 0.238 e. The fraction of sp³-hybridized carbons (Fsp3) is 0.0556. The first-order chi connectivity index (χ1) is 29.0. The monoisotopic (exact) mass is 756 g/mol. The molecule has 0 aliphatic heterocycles. The maximum absolute atomic E-state index is 6.34. The highest BCUT2D eigenvalue weighted by Crippen LogP contribution is 2.52. The van der Waals surface area contributed by atoms with Crippen molar-refractivity contribution in [2.75, 3.05) is 0 Å². The van der Waals surface area contributed by atoms with Gasteiger partial charge in [-0.05, 0) is 87.0 Å². The van der Waals surface area contributed by atoms with Gasteiger partial charge in [0.1, 0.15) is 11.2 Å². The predicted octanol–water partition coefficient (Wildman–Crippen LogP) is 13.8. The summed E-state index contributed by atoms with van der Waals surface area (Å²) in [6, 6.07) is 64.3. The van der Waals surface area contributed by atoms with E-state index in [-0.39, 0.29) is 5.41 Å². The summed E-state index contributed by atoms with van der Waals surface area (Å²) in [5.74, 6) is 1.83. The standard InChI is InChI=1S/C54H36N4O/c1-54(2)45-30-38(25-27-39(45)42-31-44-41-18-10-12-20-49(41)59-50(44)32-46(42)54)37-26-28-48-43(29-37)40-17-9-11-19-47(40)58(48)53-56-51(35-15-7-4-8-16-35)55-52(57-53)36-23-21-34(22-24-36)33-13-5-3-6-14-33/h3-32H,1-2H3. The molecule has 0 fully saturated rings. The third kappa shape index (κ3) is 5.21. The van der Waals surface area contributed by atoms with Crippen molar-refractivity contribution in [3.05, 3.63) is 193 Å². The van der Waals surface area contributed by atoms with Gasteiger partial charge >= 0.3 is 0 Å². The number of hydrogen-bond donors (Lipinski definition) is 0. The van der Waals surface area contributed by atoms with E-state index in [4.69, 9.17) is 19.4 Å². The molecular formula is C54H36N4O. The third-order valence-corrected chi connectivity index (χ3v) is 12.3. The van der Waals surface area contributed by atoms with Crippen molar-refractivity contribution in [3.8, 4) is 62.1 Å². The Kier molecular flexibility index (Phi) is 7.20. The fourth-order valence-electron chi connectivity index (χ4n) is 9.25. The molecule has 5 heteroatoms. The first-order valence-electron chi connectivity index (χ1n) is 20.1. The van der Waals surface area contributed by atoms with Crippen molar-refractivity contribution in [1.82, 2.24) is 19.5 Å². The Balaban J connectivity index is 0.988. The number of rotatable bonds is 5. The number of aromatic nitrogens is 4. The lowest BCUT2D eigenvalue weighted by atomic mass is 9.81. The highest BCUT2D eigenvalue weighted by atomic mass is 16.3. The maximum atomic E-state index is 6.34. The number of furan rings is 1. The Morgan fingerprint density at radius 1 is 0.390 bits per heavy atom. The van der Waals surface area contributed by atoms with Crippen molar-refractivity contribution in [3.63, 3.8) is 0 Å². The average molecular weight is 757 g/mol. The predicted molar refractivity (Wildman–Crippen MR) is 241 cm³/mol. The Hall–Kier alpha value is -7.63. The van der Waals surface area contributed by atoms with Crippen LogP contribution in [0, 0.1) is 0 Å². The first kappa shape index (κ1) is 33.5. The van der Waals surface area contributed by atoms with E-state index in [0.717, 1.165) is 66.0 Å². The molecule has 5 nitrogen and oxygen atoms in total. The van der Waals surface area contributed by atoms with Crippen molar-refractivity contribution >= 4 is 43.7 Å². The summed E-state index contributed by atoms with van der Waals surface area (Å²) >= 11 is 0. The highest BCUT2D eigenvalue weighted by molar-refractivity contribution is 6.11. The molecule has 0 saturated heterocycles. The van der Waals surface area contributed by atoms with E-state index in [1.54, 1.807) is 0 Å². The Morgan fingerprint density at radius 3 is 1.73 bits per heavy atom. The van der Waals surface area contributed by atoms with Crippen LogP contribution in [0.25, 0.3) is 106 Å². The summed E-state index contributed by atoms with van der Waals surface area (Å²) in [6.45, 7) is 4.66. The van der Waals surface area contributed by atoms with Gasteiger partial charge in [0.2, 0.25) is 5.95 Å². The minimum Gasteiger partial charge on any atom is -0.456 e. The lowest BCUT2D eigenvalue weighted by molar-refractivity contribution is 0.647. The SMILES string of the molecule is CC1(C)c2cc(-c3ccc4c(c3)c3ccccc3n4-c3nc(-c4ccccc4)nc(-c4ccc(-c5ccccc5)cc4)n3)ccc2-c2cc3c(cc21)oc1ccccc13. The van der Waals surface area contributed by atoms with Crippen molar-refractivity contribution < 1.29 is 4.42 Å². The van der Waals surface area contributed by atoms with Crippen molar-refractivity contribution in [2.45, 2.75) is 19.3 Å². The number of nitrogens with zero attached hydrogens (tertiary/aromatic N) is 4. The van der Waals surface area contributed by atoms with E-state index in [2.05, 4.69) is 170 Å². The zero-order valence-corrected chi connectivity index (χ0v) is 32.5. The molecule has 0 radical (unpaired) electrons. The Morgan fingerprint density at radius 2 is 0.949 bits per heavy atom. The van der Waals surface area contributed by atoms with Gasteiger partial charge in [0.05, 0.1) is 11.0 Å². The van der Waals surface area contributed by atoms with E-state index >= 15 is 0 Å². The summed E-state index contributed by atoms with van der Waals surface area (Å²) in [4.78, 5) is 15.4. The molecule has 0 spiro atoms. The van der Waals surface area contributed by atoms with Crippen LogP contribution in [0.3, 0.4) is 0 Å². The van der Waals surface area contributed by atoms with Gasteiger partial charge < -0.3 is 4.42 Å². The number of para-hydroxylation sites is 2. The molecule has 8 aromatic carbocycles. The molecule has 0 N–H and O–H groups in total. The third-order valence-electron chi connectivity index (χ3n) is 12.3. The number of benzene rings is 8. The Bertz CT molecular complexity index is 3450. The van der Waals surface area contributed by atoms with Crippen LogP contribution < -0.4 is 0 Å². The molecule has 3 heterocycles. The van der Waals surface area contributed by atoms with Gasteiger partial charge in [-0.2, -0.15) is 9.97 Å². The van der Waals surface area contributed by atoms with Gasteiger partial charge in [-0.15, -0.1) is 0 Å². The van der Waals surface area contributed by atoms with E-state index < -0.39 is 0 Å². The second-order valence-electron chi connectivity index (χ2n) is 16.1. The van der Waals surface area contributed by atoms with Gasteiger partial charge in [-0.3, -0.25) is 4.57 Å². The maximum Gasteiger partial charge on any atom is 0.238 e. The molecule has 0 bridgehead atoms. The van der Waals surface area contributed by atoms with E-state index in [1.165, 1.54) is 33.4 Å². The van der Waals surface area contributed by atoms with E-state index in [0.29, 0.717) is 17.6 Å². The summed E-state index contributed by atoms with van der Waals surface area (Å²) in [5.41, 5.74) is 15.5. The van der Waals surface area contributed by atoms with Gasteiger partial charge in [-0.1, -0.05) is 153 Å². The topological polar surface area (TPSA) is 56.7 Å². The minimum absolute atomic E-state index is 0.192. The molecule has 278 valence electrons. The molecule has 0 saturated carbocycles. The quantitative estimate of drug-likeness (QED) is 0.175. The average Bonchev–Trinajstić information content (AvgIpc) is 3.90. The van der Waals surface area contributed by atoms with E-state index in [9.17, 15) is 0 Å². The van der Waals surface area contributed by atoms with Crippen LogP contribution >= 0.6 is 0 Å². The van der Waals surface area contributed by atoms with Crippen LogP contribution in [-0.4, -0.2) is 19.5 Å². The lowest BCUT2D eigenvalue weighted by Gasteiger charge is -2.22. The molecule has 59 heavy (non-hydrogen) atoms. The molecule has 0 amide bonds. The van der Waals surface area contributed by atoms with Crippen LogP contribution in [0.4, 0.5) is 0 Å². The minimum atomic E-state index is -0.192. The van der Waals surface area contributed by atoms with Crippen molar-refractivity contribution in [1.29, 1.82) is 0 Å². The molecule has 1 aliphatic carbocycles. The molecule has 0 atom stereocenters. The van der Waals surface area contributed by atoms with Gasteiger partial charge in [-0.25, -0.2) is 4.98 Å². The zero-order valence-electron chi connectivity index (χ0n) is 32.5. The van der Waals surface area contributed by atoms with Gasteiger partial charge in [0, 0.05) is 38.1 Å². The molecule has 0 unspecified atom stereocenters. The number of fused-ring (bicyclic) bond motifs is 9. The van der Waals surface area contributed by atoms with Gasteiger partial charge in [0.15, 0.2) is 11.6 Å². The van der Waals surface area contributed by atoms with Crippen LogP contribution in [0.1, 0.15) is 25.0 Å². The molecule has 11 aromatic rings.